The van der Waals surface area contributed by atoms with Crippen LogP contribution in [0.15, 0.2) is 146 Å². The molecule has 20 N–H and O–H groups in total. The zero-order chi connectivity index (χ0) is 89.9. The topological polar surface area (TPSA) is 487 Å². The van der Waals surface area contributed by atoms with Crippen molar-refractivity contribution in [2.24, 2.45) is 5.73 Å². The van der Waals surface area contributed by atoms with Gasteiger partial charge in [0.25, 0.3) is 5.91 Å². The van der Waals surface area contributed by atoms with Gasteiger partial charge in [0.1, 0.15) is 158 Å². The van der Waals surface area contributed by atoms with Gasteiger partial charge in [0.15, 0.2) is 6.10 Å². The lowest BCUT2D eigenvalue weighted by atomic mass is 9.88. The highest BCUT2D eigenvalue weighted by Gasteiger charge is 2.50. The molecule has 21 atom stereocenters. The van der Waals surface area contributed by atoms with Gasteiger partial charge in [-0.15, -0.1) is 0 Å². The Hall–Kier alpha value is -8.43. The summed E-state index contributed by atoms with van der Waals surface area (Å²) in [5, 5.41) is 174. The lowest BCUT2D eigenvalue weighted by molar-refractivity contribution is -0.231. The number of rotatable bonds is 19. The van der Waals surface area contributed by atoms with E-state index < -0.39 is 166 Å². The second-order valence-electron chi connectivity index (χ2n) is 33.9. The first-order chi connectivity index (χ1) is 60.3. The number of carbonyl (C=O) groups is 2. The maximum absolute atomic E-state index is 11.4. The highest BCUT2D eigenvalue weighted by molar-refractivity contribution is 6.32. The summed E-state index contributed by atoms with van der Waals surface area (Å²) >= 11 is 19.3. The van der Waals surface area contributed by atoms with Gasteiger partial charge < -0.3 is 141 Å². The summed E-state index contributed by atoms with van der Waals surface area (Å²) in [6.45, 7) is 2.82. The number of carboxylic acids is 1. The number of primary amides is 1. The summed E-state index contributed by atoms with van der Waals surface area (Å²) in [7, 11) is 2.13. The number of nitrogens with two attached hydrogens (primary N) is 1. The fourth-order valence-corrected chi connectivity index (χ4v) is 18.0. The highest BCUT2D eigenvalue weighted by atomic mass is 35.5. The van der Waals surface area contributed by atoms with Gasteiger partial charge in [0.05, 0.1) is 50.9 Å². The van der Waals surface area contributed by atoms with Crippen LogP contribution in [0.25, 0.3) is 0 Å². The van der Waals surface area contributed by atoms with Crippen molar-refractivity contribution < 1.29 is 130 Å². The van der Waals surface area contributed by atoms with Gasteiger partial charge >= 0.3 is 5.97 Å². The zero-order valence-electron chi connectivity index (χ0n) is 69.3. The molecule has 1 unspecified atom stereocenters. The number of aliphatic hydroxyl groups is 16. The monoisotopic (exact) mass is 1800 g/mol. The number of carboxylic acid groups (broad SMARTS) is 1. The average molecular weight is 1810 g/mol. The van der Waals surface area contributed by atoms with Crippen molar-refractivity contribution in [2.75, 3.05) is 81.4 Å². The van der Waals surface area contributed by atoms with Gasteiger partial charge in [-0.1, -0.05) is 126 Å². The Morgan fingerprint density at radius 3 is 1.33 bits per heavy atom. The van der Waals surface area contributed by atoms with Crippen LogP contribution in [0.1, 0.15) is 134 Å². The minimum atomic E-state index is -1.47. The number of halogens is 3. The smallest absolute Gasteiger partial charge is 0.323 e. The second-order valence-corrected chi connectivity index (χ2v) is 35.1. The van der Waals surface area contributed by atoms with E-state index in [1.165, 1.54) is 23.2 Å². The van der Waals surface area contributed by atoms with E-state index >= 15 is 0 Å². The number of ether oxygens (including phenoxy) is 7. The molecule has 8 aromatic rings. The summed E-state index contributed by atoms with van der Waals surface area (Å²) in [4.78, 5) is 26.6. The summed E-state index contributed by atoms with van der Waals surface area (Å²) < 4.78 is 40.1. The fraction of sp³-hybridized carbons (Fsp3) is 0.462. The minimum absolute atomic E-state index is 0.0163. The van der Waals surface area contributed by atoms with E-state index in [4.69, 9.17) is 73.7 Å². The van der Waals surface area contributed by atoms with Gasteiger partial charge in [-0.3, -0.25) is 9.59 Å². The van der Waals surface area contributed by atoms with Crippen molar-refractivity contribution >= 4 is 63.7 Å². The van der Waals surface area contributed by atoms with Crippen molar-refractivity contribution in [3.63, 3.8) is 0 Å². The van der Waals surface area contributed by atoms with Crippen molar-refractivity contribution in [1.29, 1.82) is 0 Å². The molecule has 1 saturated carbocycles. The third kappa shape index (κ3) is 21.0. The molecule has 9 aliphatic rings. The lowest BCUT2D eigenvalue weighted by Gasteiger charge is -2.40. The molecule has 0 radical (unpaired) electrons. The third-order valence-corrected chi connectivity index (χ3v) is 26.1. The molecule has 8 heterocycles. The summed E-state index contributed by atoms with van der Waals surface area (Å²) in [5.74, 6) is 0.728. The Balaban J connectivity index is 0.000000136. The highest BCUT2D eigenvalue weighted by Crippen LogP contribution is 2.48. The Kier molecular flexibility index (Phi) is 30.3. The number of hydrogen-bond acceptors (Lipinski definition) is 28. The van der Waals surface area contributed by atoms with Gasteiger partial charge in [-0.25, -0.2) is 0 Å². The molecule has 126 heavy (non-hydrogen) atoms. The standard InChI is InChI=1S/C24H31NO5.C23H26ClNO8.C23H26ClNO7.C23H26ClNO6/c1-14-5-7-17(24-23(29)22(28)21(27)20(13-26)30-24)12-18(14)11-15-6-8-19-16(10-15)4-3-9-25(19)2;24-15-3-2-13(23-22(31)21(30)20(29)18(11-26)33-23)9-14(15)7-12-1-4-17-16(8-12)25(5-6-32-17)10-19(27)28;24-15-4-2-13(22-21(29)20(28)19(27)18(10-26)32-22)9-14(15)8-11-1-5-16-12(7-11)3-6-17(31-16)23(25)30;24-15-3-2-13(22-21(29)20(28)19(27)18(10-26)30-22)9-14(15)7-12-1-4-17-16(8-12)25-11-23(31-17)5-6-23/h5-8,10,12,20-24,26-29H,3-4,9,11,13H2,1-2H3;1-4,8-9,18,20-23,26,29-31H,5-7,10-11H2,(H,27,28);1-2,4-5,7,9,17-22,26-29H,3,6,8,10H2,(H2,25,30);1-4,8-9,18-22,25-29H,5-7,10-11H2/t20-,21-,22+,23-,24+;18-,20-,21+,22-,23+;17?,18-,19-,20+,21-,22+;18-,19-,20+,21-,22+/m1111/s1. The molecule has 0 aromatic heterocycles. The molecule has 4 saturated heterocycles. The van der Waals surface area contributed by atoms with E-state index in [-0.39, 0.29) is 12.1 Å². The predicted octanol–water partition coefficient (Wildman–Crippen LogP) is 4.62. The number of amides is 1. The zero-order valence-corrected chi connectivity index (χ0v) is 71.6. The second kappa shape index (κ2) is 40.7. The molecule has 33 heteroatoms. The predicted molar refractivity (Wildman–Crippen MR) is 463 cm³/mol. The number of carbonyl (C=O) groups excluding carboxylic acids is 1. The van der Waals surface area contributed by atoms with E-state index in [0.29, 0.717) is 94.2 Å². The van der Waals surface area contributed by atoms with Crippen LogP contribution in [0.2, 0.25) is 15.1 Å². The average Bonchev–Trinajstić information content (AvgIpc) is 1.57. The molecule has 1 amide bonds. The maximum Gasteiger partial charge on any atom is 0.323 e. The first kappa shape index (κ1) is 93.7. The van der Waals surface area contributed by atoms with Gasteiger partial charge in [-0.05, 0) is 209 Å². The van der Waals surface area contributed by atoms with Gasteiger partial charge in [0, 0.05) is 34.3 Å². The molecular weight excluding hydrogens is 1700 g/mol. The Labute approximate surface area is 742 Å². The molecule has 678 valence electrons. The molecular formula is C93H109Cl3N4O26. The Bertz CT molecular complexity index is 5140. The molecule has 30 nitrogen and oxygen atoms in total. The van der Waals surface area contributed by atoms with Crippen LogP contribution < -0.4 is 35.1 Å². The normalized spacial score (nSPS) is 29.2. The van der Waals surface area contributed by atoms with Gasteiger partial charge in [0.2, 0.25) is 0 Å². The first-order valence-corrected chi connectivity index (χ1v) is 43.3. The van der Waals surface area contributed by atoms with Gasteiger partial charge in [-0.2, -0.15) is 0 Å². The Morgan fingerprint density at radius 2 is 0.873 bits per heavy atom. The van der Waals surface area contributed by atoms with E-state index in [9.17, 15) is 96.4 Å². The largest absolute Gasteiger partial charge is 0.490 e. The fourth-order valence-electron chi connectivity index (χ4n) is 17.5. The van der Waals surface area contributed by atoms with Crippen LogP contribution in [0.5, 0.6) is 17.2 Å². The van der Waals surface area contributed by atoms with Crippen LogP contribution in [0.3, 0.4) is 0 Å². The van der Waals surface area contributed by atoms with E-state index in [0.717, 1.165) is 106 Å². The number of nitrogens with one attached hydrogen (secondary N) is 1. The quantitative estimate of drug-likeness (QED) is 0.0525. The van der Waals surface area contributed by atoms with Crippen LogP contribution in [-0.2, 0) is 67.1 Å². The summed E-state index contributed by atoms with van der Waals surface area (Å²) in [6, 6.07) is 45.3. The SMILES string of the molecule is Cc1ccc([C@@H]2O[C@H](CO)[C@@H](O)[C@H](O)[C@H]2O)cc1Cc1ccc2c(c1)CCCN2C.NC(=O)C1CCc2cc(Cc3cc([C@@H]4O[C@H](CO)[C@@H](O)[C@H](O)[C@H]4O)ccc3Cl)ccc2O1.O=C(O)CN1CCOc2ccc(Cc3cc([C@@H]4O[C@H](CO)[C@@H](O)[C@H](O)[C@H]4O)ccc3Cl)cc21.OC[C@H]1O[C@@H](c2ccc(Cl)c(Cc3ccc4c(c3)NCC3(CC3)O4)c2)[C@H](O)[C@@H](O)[C@@H]1O. The number of benzene rings is 8. The number of aliphatic hydroxyl groups excluding tert-OH is 16. The molecule has 1 aliphatic carbocycles. The van der Waals surface area contributed by atoms with Crippen LogP contribution in [0, 0.1) is 6.92 Å². The molecule has 17 rings (SSSR count). The molecule has 0 bridgehead atoms. The number of hydrogen-bond donors (Lipinski definition) is 19. The van der Waals surface area contributed by atoms with Crippen LogP contribution in [0.4, 0.5) is 17.1 Å². The van der Waals surface area contributed by atoms with E-state index in [2.05, 4.69) is 48.5 Å². The van der Waals surface area contributed by atoms with Crippen molar-refractivity contribution in [1.82, 2.24) is 0 Å². The molecule has 8 aromatic carbocycles. The van der Waals surface area contributed by atoms with Crippen molar-refractivity contribution in [3.8, 4) is 17.2 Å². The lowest BCUT2D eigenvalue weighted by Crippen LogP contribution is -2.55. The van der Waals surface area contributed by atoms with E-state index in [1.807, 2.05) is 66.7 Å². The number of nitrogens with zero attached hydrogens (tertiary/aromatic N) is 2. The van der Waals surface area contributed by atoms with E-state index in [1.54, 1.807) is 59.5 Å². The molecule has 8 aliphatic heterocycles. The van der Waals surface area contributed by atoms with Crippen LogP contribution >= 0.6 is 34.8 Å². The van der Waals surface area contributed by atoms with Crippen molar-refractivity contribution in [3.05, 3.63) is 244 Å². The minimum Gasteiger partial charge on any atom is -0.490 e. The third-order valence-electron chi connectivity index (χ3n) is 25.0. The maximum atomic E-state index is 11.4. The molecule has 5 fully saturated rings. The number of aryl methyl sites for hydroxylation is 3. The number of anilines is 3. The van der Waals surface area contributed by atoms with Crippen molar-refractivity contribution in [2.45, 2.75) is 205 Å². The molecule has 1 spiro atoms. The number of aliphatic carboxylic acids is 1. The first-order valence-electron chi connectivity index (χ1n) is 42.2. The van der Waals surface area contributed by atoms with Crippen LogP contribution in [-0.4, -0.2) is 274 Å². The summed E-state index contributed by atoms with van der Waals surface area (Å²) in [5.41, 5.74) is 21.9. The Morgan fingerprint density at radius 1 is 0.460 bits per heavy atom. The number of fused-ring (bicyclic) bond motifs is 4. The summed E-state index contributed by atoms with van der Waals surface area (Å²) in [6.07, 6.45) is -16.8.